The summed E-state index contributed by atoms with van der Waals surface area (Å²) in [5.41, 5.74) is 1.35. The van der Waals surface area contributed by atoms with Gasteiger partial charge in [0.15, 0.2) is 0 Å². The summed E-state index contributed by atoms with van der Waals surface area (Å²) in [5, 5.41) is 6.04. The molecule has 6 nitrogen and oxygen atoms in total. The minimum absolute atomic E-state index is 0.188. The average Bonchev–Trinajstić information content (AvgIpc) is 2.52. The number of nitrogens with one attached hydrogen (secondary N) is 2. The molecule has 0 aliphatic heterocycles. The van der Waals surface area contributed by atoms with Gasteiger partial charge < -0.3 is 5.32 Å². The van der Waals surface area contributed by atoms with Crippen molar-refractivity contribution in [3.05, 3.63) is 42.2 Å². The van der Waals surface area contributed by atoms with Crippen LogP contribution < -0.4 is 10.6 Å². The molecule has 2 N–H and O–H groups in total. The Morgan fingerprint density at radius 2 is 1.96 bits per heavy atom. The standard InChI is InChI=1S/C18H23N5O/c1-13(24)21-17-19-12-20-18(23-17)22-16(15-8-5-9-15)11-10-14-6-3-2-4-7-14/h2-4,6-7,12,15-16H,5,8-11H2,1H3,(H2,19,20,21,22,23,24). The van der Waals surface area contributed by atoms with Crippen molar-refractivity contribution >= 4 is 17.8 Å². The summed E-state index contributed by atoms with van der Waals surface area (Å²) in [6, 6.07) is 10.9. The van der Waals surface area contributed by atoms with Crippen LogP contribution in [0.1, 0.15) is 38.2 Å². The number of hydrogen-bond donors (Lipinski definition) is 2. The molecule has 6 heteroatoms. The number of rotatable bonds is 7. The first-order chi connectivity index (χ1) is 11.7. The third-order valence-corrected chi connectivity index (χ3v) is 4.48. The molecule has 0 radical (unpaired) electrons. The lowest BCUT2D eigenvalue weighted by Gasteiger charge is -2.34. The molecule has 0 saturated heterocycles. The number of carbonyl (C=O) groups excluding carboxylic acids is 1. The summed E-state index contributed by atoms with van der Waals surface area (Å²) in [6.07, 6.45) is 7.28. The van der Waals surface area contributed by atoms with Crippen LogP contribution in [0.3, 0.4) is 0 Å². The third kappa shape index (κ3) is 4.50. The molecule has 3 rings (SSSR count). The first kappa shape index (κ1) is 16.4. The predicted molar refractivity (Wildman–Crippen MR) is 93.6 cm³/mol. The molecular formula is C18H23N5O. The summed E-state index contributed by atoms with van der Waals surface area (Å²) in [6.45, 7) is 1.44. The van der Waals surface area contributed by atoms with Crippen molar-refractivity contribution in [3.8, 4) is 0 Å². The minimum Gasteiger partial charge on any atom is -0.351 e. The zero-order valence-corrected chi connectivity index (χ0v) is 13.9. The number of aryl methyl sites for hydroxylation is 1. The van der Waals surface area contributed by atoms with E-state index >= 15 is 0 Å². The van der Waals surface area contributed by atoms with E-state index in [0.717, 1.165) is 12.8 Å². The molecule has 0 spiro atoms. The lowest BCUT2D eigenvalue weighted by Crippen LogP contribution is -2.34. The van der Waals surface area contributed by atoms with Crippen LogP contribution in [0.15, 0.2) is 36.7 Å². The van der Waals surface area contributed by atoms with Crippen LogP contribution in [-0.4, -0.2) is 26.9 Å². The number of anilines is 2. The SMILES string of the molecule is CC(=O)Nc1ncnc(NC(CCc2ccccc2)C2CCC2)n1. The monoisotopic (exact) mass is 325 g/mol. The Bertz CT molecular complexity index is 672. The van der Waals surface area contributed by atoms with Gasteiger partial charge in [0.1, 0.15) is 6.33 Å². The molecule has 1 heterocycles. The van der Waals surface area contributed by atoms with Crippen molar-refractivity contribution in [2.45, 2.75) is 45.1 Å². The number of carbonyl (C=O) groups is 1. The second-order valence-corrected chi connectivity index (χ2v) is 6.28. The summed E-state index contributed by atoms with van der Waals surface area (Å²) in [7, 11) is 0. The second kappa shape index (κ2) is 7.86. The van der Waals surface area contributed by atoms with Crippen LogP contribution in [0.5, 0.6) is 0 Å². The van der Waals surface area contributed by atoms with Gasteiger partial charge in [0.05, 0.1) is 0 Å². The van der Waals surface area contributed by atoms with E-state index in [1.807, 2.05) is 6.07 Å². The largest absolute Gasteiger partial charge is 0.351 e. The molecule has 1 aliphatic carbocycles. The molecule has 1 aromatic carbocycles. The van der Waals surface area contributed by atoms with E-state index in [2.05, 4.69) is 49.9 Å². The fourth-order valence-corrected chi connectivity index (χ4v) is 2.98. The van der Waals surface area contributed by atoms with E-state index in [-0.39, 0.29) is 11.9 Å². The molecule has 1 atom stereocenters. The van der Waals surface area contributed by atoms with Crippen molar-refractivity contribution in [1.29, 1.82) is 0 Å². The molecule has 24 heavy (non-hydrogen) atoms. The number of benzene rings is 1. The quantitative estimate of drug-likeness (QED) is 0.818. The number of amides is 1. The maximum Gasteiger partial charge on any atom is 0.234 e. The molecular weight excluding hydrogens is 302 g/mol. The second-order valence-electron chi connectivity index (χ2n) is 6.28. The van der Waals surface area contributed by atoms with E-state index in [4.69, 9.17) is 0 Å². The Kier molecular flexibility index (Phi) is 5.36. The number of nitrogens with zero attached hydrogens (tertiary/aromatic N) is 3. The summed E-state index contributed by atoms with van der Waals surface area (Å²) in [5.74, 6) is 1.29. The Morgan fingerprint density at radius 3 is 2.62 bits per heavy atom. The van der Waals surface area contributed by atoms with Gasteiger partial charge in [0.2, 0.25) is 17.8 Å². The smallest absolute Gasteiger partial charge is 0.234 e. The highest BCUT2D eigenvalue weighted by Gasteiger charge is 2.27. The van der Waals surface area contributed by atoms with Crippen molar-refractivity contribution in [2.75, 3.05) is 10.6 Å². The molecule has 0 bridgehead atoms. The predicted octanol–water partition coefficient (Wildman–Crippen LogP) is 3.04. The van der Waals surface area contributed by atoms with Crippen LogP contribution in [-0.2, 0) is 11.2 Å². The van der Waals surface area contributed by atoms with Gasteiger partial charge in [-0.1, -0.05) is 36.8 Å². The Labute approximate surface area is 142 Å². The summed E-state index contributed by atoms with van der Waals surface area (Å²) >= 11 is 0. The zero-order valence-electron chi connectivity index (χ0n) is 13.9. The number of aromatic nitrogens is 3. The van der Waals surface area contributed by atoms with E-state index in [0.29, 0.717) is 17.9 Å². The van der Waals surface area contributed by atoms with Crippen molar-refractivity contribution in [1.82, 2.24) is 15.0 Å². The molecule has 1 aliphatic rings. The van der Waals surface area contributed by atoms with Crippen molar-refractivity contribution < 1.29 is 4.79 Å². The van der Waals surface area contributed by atoms with Crippen LogP contribution in [0.25, 0.3) is 0 Å². The van der Waals surface area contributed by atoms with Crippen molar-refractivity contribution in [2.24, 2.45) is 5.92 Å². The topological polar surface area (TPSA) is 79.8 Å². The lowest BCUT2D eigenvalue weighted by atomic mass is 9.78. The van der Waals surface area contributed by atoms with Gasteiger partial charge in [-0.2, -0.15) is 4.98 Å². The number of hydrogen-bond acceptors (Lipinski definition) is 5. The fourth-order valence-electron chi connectivity index (χ4n) is 2.98. The Balaban J connectivity index is 1.64. The Morgan fingerprint density at radius 1 is 1.21 bits per heavy atom. The van der Waals surface area contributed by atoms with E-state index < -0.39 is 0 Å². The van der Waals surface area contributed by atoms with E-state index in [9.17, 15) is 4.79 Å². The average molecular weight is 325 g/mol. The minimum atomic E-state index is -0.188. The van der Waals surface area contributed by atoms with Gasteiger partial charge in [-0.25, -0.2) is 9.97 Å². The zero-order chi connectivity index (χ0) is 16.8. The maximum absolute atomic E-state index is 11.1. The molecule has 1 amide bonds. The van der Waals surface area contributed by atoms with E-state index in [1.165, 1.54) is 38.1 Å². The molecule has 1 fully saturated rings. The van der Waals surface area contributed by atoms with Gasteiger partial charge in [-0.3, -0.25) is 10.1 Å². The highest BCUT2D eigenvalue weighted by Crippen LogP contribution is 2.32. The maximum atomic E-state index is 11.1. The fraction of sp³-hybridized carbons (Fsp3) is 0.444. The first-order valence-corrected chi connectivity index (χ1v) is 8.48. The third-order valence-electron chi connectivity index (χ3n) is 4.48. The van der Waals surface area contributed by atoms with Gasteiger partial charge in [-0.15, -0.1) is 0 Å². The summed E-state index contributed by atoms with van der Waals surface area (Å²) < 4.78 is 0. The van der Waals surface area contributed by atoms with Crippen LogP contribution >= 0.6 is 0 Å². The molecule has 2 aromatic rings. The van der Waals surface area contributed by atoms with Gasteiger partial charge >= 0.3 is 0 Å². The lowest BCUT2D eigenvalue weighted by molar-refractivity contribution is -0.114. The Hall–Kier alpha value is -2.50. The molecule has 1 aromatic heterocycles. The normalized spacial score (nSPS) is 15.4. The highest BCUT2D eigenvalue weighted by atomic mass is 16.1. The van der Waals surface area contributed by atoms with E-state index in [1.54, 1.807) is 0 Å². The van der Waals surface area contributed by atoms with Crippen LogP contribution in [0.4, 0.5) is 11.9 Å². The van der Waals surface area contributed by atoms with Crippen molar-refractivity contribution in [3.63, 3.8) is 0 Å². The van der Waals surface area contributed by atoms with Crippen LogP contribution in [0, 0.1) is 5.92 Å². The molecule has 126 valence electrons. The molecule has 1 saturated carbocycles. The van der Waals surface area contributed by atoms with Gasteiger partial charge in [-0.05, 0) is 37.2 Å². The first-order valence-electron chi connectivity index (χ1n) is 8.48. The molecule has 1 unspecified atom stereocenters. The highest BCUT2D eigenvalue weighted by molar-refractivity contribution is 5.86. The van der Waals surface area contributed by atoms with Crippen LogP contribution in [0.2, 0.25) is 0 Å². The van der Waals surface area contributed by atoms with Gasteiger partial charge in [0.25, 0.3) is 0 Å². The van der Waals surface area contributed by atoms with Gasteiger partial charge in [0, 0.05) is 13.0 Å². The summed E-state index contributed by atoms with van der Waals surface area (Å²) in [4.78, 5) is 23.6.